The molecule has 0 saturated carbocycles. The molecule has 0 aromatic heterocycles. The van der Waals surface area contributed by atoms with E-state index in [1.165, 1.54) is 11.8 Å². The average molecular weight is 423 g/mol. The van der Waals surface area contributed by atoms with Crippen LogP contribution in [0.1, 0.15) is 19.4 Å². The summed E-state index contributed by atoms with van der Waals surface area (Å²) in [5, 5.41) is 0.670. The standard InChI is InChI=1S/C20H23ClN2O4S/c1-3-26-16-8-10-17(11-9-16)27-14(2)20(25)23-22-19(24)13-28-12-15-6-4-5-7-18(15)21/h4-11,14H,3,12-13H2,1-2H3,(H,22,24)(H,23,25)/t14-/m1/s1. The molecule has 6 nitrogen and oxygen atoms in total. The van der Waals surface area contributed by atoms with Crippen LogP contribution in [0.4, 0.5) is 0 Å². The van der Waals surface area contributed by atoms with E-state index in [9.17, 15) is 9.59 Å². The van der Waals surface area contributed by atoms with Crippen LogP contribution in [-0.2, 0) is 15.3 Å². The van der Waals surface area contributed by atoms with Crippen molar-refractivity contribution in [3.8, 4) is 11.5 Å². The summed E-state index contributed by atoms with van der Waals surface area (Å²) in [5.74, 6) is 1.32. The second-order valence-electron chi connectivity index (χ2n) is 5.79. The van der Waals surface area contributed by atoms with E-state index in [0.29, 0.717) is 23.1 Å². The van der Waals surface area contributed by atoms with Crippen LogP contribution in [0.5, 0.6) is 11.5 Å². The lowest BCUT2D eigenvalue weighted by Gasteiger charge is -2.15. The minimum atomic E-state index is -0.769. The summed E-state index contributed by atoms with van der Waals surface area (Å²) in [6.07, 6.45) is -0.769. The minimum Gasteiger partial charge on any atom is -0.494 e. The lowest BCUT2D eigenvalue weighted by Crippen LogP contribution is -2.47. The Morgan fingerprint density at radius 1 is 1.07 bits per heavy atom. The minimum absolute atomic E-state index is 0.194. The number of ether oxygens (including phenoxy) is 2. The molecule has 2 rings (SSSR count). The van der Waals surface area contributed by atoms with Crippen LogP contribution in [0.3, 0.4) is 0 Å². The highest BCUT2D eigenvalue weighted by Crippen LogP contribution is 2.20. The molecule has 2 amide bonds. The first-order valence-electron chi connectivity index (χ1n) is 8.79. The molecular weight excluding hydrogens is 400 g/mol. The van der Waals surface area contributed by atoms with Gasteiger partial charge in [-0.25, -0.2) is 0 Å². The third-order valence-electron chi connectivity index (χ3n) is 3.59. The fraction of sp³-hybridized carbons (Fsp3) is 0.300. The van der Waals surface area contributed by atoms with Crippen LogP contribution >= 0.6 is 23.4 Å². The van der Waals surface area contributed by atoms with Crippen molar-refractivity contribution in [2.45, 2.75) is 25.7 Å². The second kappa shape index (κ2) is 11.5. The van der Waals surface area contributed by atoms with Crippen LogP contribution in [0, 0.1) is 0 Å². The molecule has 150 valence electrons. The fourth-order valence-corrected chi connectivity index (χ4v) is 3.29. The Balaban J connectivity index is 1.68. The molecule has 0 aliphatic heterocycles. The maximum absolute atomic E-state index is 12.1. The van der Waals surface area contributed by atoms with Crippen LogP contribution in [-0.4, -0.2) is 30.3 Å². The normalized spacial score (nSPS) is 11.4. The number of rotatable bonds is 9. The van der Waals surface area contributed by atoms with Gasteiger partial charge in [0.1, 0.15) is 11.5 Å². The van der Waals surface area contributed by atoms with Gasteiger partial charge in [0, 0.05) is 10.8 Å². The van der Waals surface area contributed by atoms with E-state index in [0.717, 1.165) is 11.3 Å². The highest BCUT2D eigenvalue weighted by Gasteiger charge is 2.15. The third-order valence-corrected chi connectivity index (χ3v) is 4.94. The van der Waals surface area contributed by atoms with E-state index in [2.05, 4.69) is 10.9 Å². The molecule has 2 aromatic carbocycles. The van der Waals surface area contributed by atoms with Crippen molar-refractivity contribution in [3.05, 3.63) is 59.1 Å². The van der Waals surface area contributed by atoms with Crippen molar-refractivity contribution in [3.63, 3.8) is 0 Å². The zero-order valence-electron chi connectivity index (χ0n) is 15.7. The third kappa shape index (κ3) is 7.32. The molecule has 0 aliphatic rings. The van der Waals surface area contributed by atoms with E-state index in [-0.39, 0.29) is 11.7 Å². The van der Waals surface area contributed by atoms with Crippen molar-refractivity contribution >= 4 is 35.2 Å². The molecule has 2 N–H and O–H groups in total. The van der Waals surface area contributed by atoms with Gasteiger partial charge in [-0.2, -0.15) is 0 Å². The number of benzene rings is 2. The molecule has 0 heterocycles. The SMILES string of the molecule is CCOc1ccc(O[C@H](C)C(=O)NNC(=O)CSCc2ccccc2Cl)cc1. The Kier molecular flexibility index (Phi) is 8.97. The summed E-state index contributed by atoms with van der Waals surface area (Å²) < 4.78 is 10.9. The Hall–Kier alpha value is -2.38. The van der Waals surface area contributed by atoms with E-state index < -0.39 is 12.0 Å². The van der Waals surface area contributed by atoms with Gasteiger partial charge in [-0.15, -0.1) is 11.8 Å². The maximum Gasteiger partial charge on any atom is 0.279 e. The highest BCUT2D eigenvalue weighted by molar-refractivity contribution is 7.99. The summed E-state index contributed by atoms with van der Waals surface area (Å²) in [4.78, 5) is 23.9. The van der Waals surface area contributed by atoms with Gasteiger partial charge in [-0.05, 0) is 49.7 Å². The van der Waals surface area contributed by atoms with E-state index in [4.69, 9.17) is 21.1 Å². The van der Waals surface area contributed by atoms with Gasteiger partial charge in [0.05, 0.1) is 12.4 Å². The monoisotopic (exact) mass is 422 g/mol. The molecular formula is C20H23ClN2O4S. The predicted octanol–water partition coefficient (Wildman–Crippen LogP) is 3.59. The molecule has 1 atom stereocenters. The lowest BCUT2D eigenvalue weighted by atomic mass is 10.2. The van der Waals surface area contributed by atoms with Crippen molar-refractivity contribution in [1.82, 2.24) is 10.9 Å². The number of carbonyl (C=O) groups excluding carboxylic acids is 2. The van der Waals surface area contributed by atoms with Crippen molar-refractivity contribution in [1.29, 1.82) is 0 Å². The van der Waals surface area contributed by atoms with Crippen molar-refractivity contribution in [2.24, 2.45) is 0 Å². The topological polar surface area (TPSA) is 76.7 Å². The number of amides is 2. The number of halogens is 1. The second-order valence-corrected chi connectivity index (χ2v) is 7.18. The number of carbonyl (C=O) groups is 2. The largest absolute Gasteiger partial charge is 0.494 e. The van der Waals surface area contributed by atoms with Crippen LogP contribution in [0.15, 0.2) is 48.5 Å². The number of hydrazine groups is 1. The summed E-state index contributed by atoms with van der Waals surface area (Å²) in [6, 6.07) is 14.4. The summed E-state index contributed by atoms with van der Waals surface area (Å²) >= 11 is 7.48. The van der Waals surface area contributed by atoms with E-state index in [1.54, 1.807) is 31.2 Å². The summed E-state index contributed by atoms with van der Waals surface area (Å²) in [5.41, 5.74) is 5.71. The van der Waals surface area contributed by atoms with E-state index >= 15 is 0 Å². The van der Waals surface area contributed by atoms with Gasteiger partial charge < -0.3 is 9.47 Å². The molecule has 0 unspecified atom stereocenters. The highest BCUT2D eigenvalue weighted by atomic mass is 35.5. The average Bonchev–Trinajstić information content (AvgIpc) is 2.69. The van der Waals surface area contributed by atoms with Crippen molar-refractivity contribution in [2.75, 3.05) is 12.4 Å². The Morgan fingerprint density at radius 2 is 1.75 bits per heavy atom. The first kappa shape index (κ1) is 21.9. The van der Waals surface area contributed by atoms with Crippen molar-refractivity contribution < 1.29 is 19.1 Å². The number of hydrogen-bond acceptors (Lipinski definition) is 5. The Labute approximate surface area is 173 Å². The Morgan fingerprint density at radius 3 is 2.43 bits per heavy atom. The number of hydrogen-bond donors (Lipinski definition) is 2. The van der Waals surface area contributed by atoms with Crippen LogP contribution in [0.2, 0.25) is 5.02 Å². The number of thioether (sulfide) groups is 1. The van der Waals surface area contributed by atoms with Crippen LogP contribution in [0.25, 0.3) is 0 Å². The predicted molar refractivity (Wildman–Crippen MR) is 112 cm³/mol. The van der Waals surface area contributed by atoms with Crippen LogP contribution < -0.4 is 20.3 Å². The lowest BCUT2D eigenvalue weighted by molar-refractivity contribution is -0.131. The maximum atomic E-state index is 12.1. The van der Waals surface area contributed by atoms with E-state index in [1.807, 2.05) is 31.2 Å². The van der Waals surface area contributed by atoms with Gasteiger partial charge in [0.25, 0.3) is 5.91 Å². The summed E-state index contributed by atoms with van der Waals surface area (Å²) in [7, 11) is 0. The molecule has 8 heteroatoms. The molecule has 0 radical (unpaired) electrons. The van der Waals surface area contributed by atoms with Gasteiger partial charge in [0.15, 0.2) is 6.10 Å². The van der Waals surface area contributed by atoms with Gasteiger partial charge in [-0.3, -0.25) is 20.4 Å². The molecule has 0 spiro atoms. The molecule has 28 heavy (non-hydrogen) atoms. The smallest absolute Gasteiger partial charge is 0.279 e. The molecule has 0 fully saturated rings. The molecule has 2 aromatic rings. The van der Waals surface area contributed by atoms with Gasteiger partial charge in [0.2, 0.25) is 5.91 Å². The quantitative estimate of drug-likeness (QED) is 0.604. The first-order chi connectivity index (χ1) is 13.5. The zero-order chi connectivity index (χ0) is 20.4. The summed E-state index contributed by atoms with van der Waals surface area (Å²) in [6.45, 7) is 4.08. The van der Waals surface area contributed by atoms with Gasteiger partial charge in [-0.1, -0.05) is 29.8 Å². The Bertz CT molecular complexity index is 786. The zero-order valence-corrected chi connectivity index (χ0v) is 17.3. The first-order valence-corrected chi connectivity index (χ1v) is 10.3. The number of nitrogens with one attached hydrogen (secondary N) is 2. The molecule has 0 bridgehead atoms. The molecule has 0 aliphatic carbocycles. The fourth-order valence-electron chi connectivity index (χ4n) is 2.18. The molecule has 0 saturated heterocycles. The van der Waals surface area contributed by atoms with Gasteiger partial charge >= 0.3 is 0 Å².